The summed E-state index contributed by atoms with van der Waals surface area (Å²) in [5.74, 6) is 0.972. The molecule has 0 aliphatic rings. The van der Waals surface area contributed by atoms with Crippen LogP contribution in [0.4, 0.5) is 0 Å². The number of nitrogens with two attached hydrogens (primary N) is 1. The molecule has 0 amide bonds. The van der Waals surface area contributed by atoms with Crippen molar-refractivity contribution in [2.75, 3.05) is 6.54 Å². The van der Waals surface area contributed by atoms with Crippen LogP contribution < -0.4 is 5.73 Å². The van der Waals surface area contributed by atoms with E-state index in [4.69, 9.17) is 5.73 Å². The molecule has 1 aromatic heterocycles. The third-order valence-electron chi connectivity index (χ3n) is 2.53. The number of nitrogens with zero attached hydrogens (tertiary/aromatic N) is 1. The Morgan fingerprint density at radius 2 is 1.82 bits per heavy atom. The third kappa shape index (κ3) is 3.58. The second kappa shape index (κ2) is 6.42. The van der Waals surface area contributed by atoms with Crippen molar-refractivity contribution >= 4 is 11.8 Å². The van der Waals surface area contributed by atoms with Crippen molar-refractivity contribution in [3.8, 4) is 0 Å². The zero-order valence-electron chi connectivity index (χ0n) is 9.62. The van der Waals surface area contributed by atoms with Gasteiger partial charge in [-0.15, -0.1) is 11.8 Å². The number of thioether (sulfide) groups is 1. The zero-order valence-corrected chi connectivity index (χ0v) is 10.4. The van der Waals surface area contributed by atoms with Gasteiger partial charge in [0, 0.05) is 18.5 Å². The minimum absolute atomic E-state index is 0.274. The lowest BCUT2D eigenvalue weighted by molar-refractivity contribution is 0.898. The first-order chi connectivity index (χ1) is 8.40. The van der Waals surface area contributed by atoms with Crippen molar-refractivity contribution in [3.05, 3.63) is 66.0 Å². The summed E-state index contributed by atoms with van der Waals surface area (Å²) in [6, 6.07) is 16.4. The molecule has 88 valence electrons. The van der Waals surface area contributed by atoms with Crippen molar-refractivity contribution in [1.82, 2.24) is 4.98 Å². The van der Waals surface area contributed by atoms with Crippen LogP contribution in [0.3, 0.4) is 0 Å². The topological polar surface area (TPSA) is 38.9 Å². The maximum Gasteiger partial charge on any atom is 0.0595 e. The van der Waals surface area contributed by atoms with Gasteiger partial charge in [0.15, 0.2) is 0 Å². The molecule has 17 heavy (non-hydrogen) atoms. The van der Waals surface area contributed by atoms with Crippen molar-refractivity contribution in [2.45, 2.75) is 11.0 Å². The summed E-state index contributed by atoms with van der Waals surface area (Å²) in [5, 5.41) is 0.274. The van der Waals surface area contributed by atoms with Gasteiger partial charge in [-0.05, 0) is 17.7 Å². The van der Waals surface area contributed by atoms with Crippen LogP contribution >= 0.6 is 11.8 Å². The van der Waals surface area contributed by atoms with Crippen LogP contribution in [-0.2, 0) is 5.75 Å². The molecule has 0 saturated carbocycles. The van der Waals surface area contributed by atoms with Crippen molar-refractivity contribution < 1.29 is 0 Å². The normalized spacial score (nSPS) is 12.3. The van der Waals surface area contributed by atoms with Gasteiger partial charge >= 0.3 is 0 Å². The molecule has 0 aliphatic carbocycles. The smallest absolute Gasteiger partial charge is 0.0595 e. The molecule has 1 atom stereocenters. The molecule has 1 heterocycles. The fourth-order valence-electron chi connectivity index (χ4n) is 1.61. The number of rotatable bonds is 5. The highest BCUT2D eigenvalue weighted by atomic mass is 32.2. The average Bonchev–Trinajstić information content (AvgIpc) is 2.42. The maximum absolute atomic E-state index is 5.81. The van der Waals surface area contributed by atoms with Gasteiger partial charge in [0.25, 0.3) is 0 Å². The van der Waals surface area contributed by atoms with E-state index in [1.165, 1.54) is 5.56 Å². The number of pyridine rings is 1. The first-order valence-corrected chi connectivity index (χ1v) is 6.71. The van der Waals surface area contributed by atoms with Gasteiger partial charge in [0.1, 0.15) is 0 Å². The van der Waals surface area contributed by atoms with Gasteiger partial charge < -0.3 is 5.73 Å². The first kappa shape index (κ1) is 12.1. The Bertz CT molecular complexity index is 430. The van der Waals surface area contributed by atoms with Crippen LogP contribution in [0, 0.1) is 0 Å². The van der Waals surface area contributed by atoms with Crippen molar-refractivity contribution in [1.29, 1.82) is 0 Å². The Morgan fingerprint density at radius 1 is 1.06 bits per heavy atom. The Hall–Kier alpha value is -1.32. The monoisotopic (exact) mass is 244 g/mol. The molecule has 1 aromatic carbocycles. The maximum atomic E-state index is 5.81. The SMILES string of the molecule is NCC(SCc1ccccc1)c1ccccn1. The zero-order chi connectivity index (χ0) is 11.9. The Balaban J connectivity index is 1.97. The molecule has 0 saturated heterocycles. The highest BCUT2D eigenvalue weighted by Crippen LogP contribution is 2.28. The lowest BCUT2D eigenvalue weighted by Crippen LogP contribution is -2.10. The molecular formula is C14H16N2S. The quantitative estimate of drug-likeness (QED) is 0.878. The number of hydrogen-bond donors (Lipinski definition) is 1. The van der Waals surface area contributed by atoms with Crippen molar-refractivity contribution in [2.24, 2.45) is 5.73 Å². The standard InChI is InChI=1S/C14H16N2S/c15-10-14(13-8-4-5-9-16-13)17-11-12-6-2-1-3-7-12/h1-9,14H,10-11,15H2. The van der Waals surface area contributed by atoms with E-state index >= 15 is 0 Å². The van der Waals surface area contributed by atoms with E-state index in [1.54, 1.807) is 0 Å². The molecule has 0 fully saturated rings. The summed E-state index contributed by atoms with van der Waals surface area (Å²) in [7, 11) is 0. The fourth-order valence-corrected chi connectivity index (χ4v) is 2.64. The van der Waals surface area contributed by atoms with Crippen LogP contribution in [-0.4, -0.2) is 11.5 Å². The van der Waals surface area contributed by atoms with Gasteiger partial charge in [-0.2, -0.15) is 0 Å². The third-order valence-corrected chi connectivity index (χ3v) is 3.86. The minimum Gasteiger partial charge on any atom is -0.329 e. The Kier molecular flexibility index (Phi) is 4.59. The number of aromatic nitrogens is 1. The summed E-state index contributed by atoms with van der Waals surface area (Å²) in [5.41, 5.74) is 8.20. The van der Waals surface area contributed by atoms with E-state index in [-0.39, 0.29) is 5.25 Å². The van der Waals surface area contributed by atoms with Crippen LogP contribution in [0.25, 0.3) is 0 Å². The summed E-state index contributed by atoms with van der Waals surface area (Å²) in [6.07, 6.45) is 1.82. The molecule has 1 unspecified atom stereocenters. The molecule has 2 N–H and O–H groups in total. The second-order valence-electron chi connectivity index (χ2n) is 3.78. The summed E-state index contributed by atoms with van der Waals surface area (Å²) in [4.78, 5) is 4.36. The summed E-state index contributed by atoms with van der Waals surface area (Å²) >= 11 is 1.84. The number of benzene rings is 1. The Morgan fingerprint density at radius 3 is 2.47 bits per heavy atom. The number of hydrogen-bond acceptors (Lipinski definition) is 3. The highest BCUT2D eigenvalue weighted by molar-refractivity contribution is 7.98. The van der Waals surface area contributed by atoms with Crippen LogP contribution in [0.15, 0.2) is 54.7 Å². The van der Waals surface area contributed by atoms with Crippen molar-refractivity contribution in [3.63, 3.8) is 0 Å². The van der Waals surface area contributed by atoms with Crippen LogP contribution in [0.2, 0.25) is 0 Å². The lowest BCUT2D eigenvalue weighted by atomic mass is 10.2. The van der Waals surface area contributed by atoms with E-state index in [0.29, 0.717) is 6.54 Å². The second-order valence-corrected chi connectivity index (χ2v) is 4.97. The Labute approximate surface area is 106 Å². The largest absolute Gasteiger partial charge is 0.329 e. The van der Waals surface area contributed by atoms with E-state index in [0.717, 1.165) is 11.4 Å². The minimum atomic E-state index is 0.274. The molecule has 2 nitrogen and oxygen atoms in total. The van der Waals surface area contributed by atoms with E-state index < -0.39 is 0 Å². The van der Waals surface area contributed by atoms with Crippen LogP contribution in [0.5, 0.6) is 0 Å². The highest BCUT2D eigenvalue weighted by Gasteiger charge is 2.10. The summed E-state index contributed by atoms with van der Waals surface area (Å²) in [6.45, 7) is 0.620. The predicted octanol–water partition coefficient (Wildman–Crippen LogP) is 3.01. The van der Waals surface area contributed by atoms with E-state index in [9.17, 15) is 0 Å². The molecule has 0 radical (unpaired) electrons. The van der Waals surface area contributed by atoms with Gasteiger partial charge in [-0.3, -0.25) is 4.98 Å². The molecule has 0 aliphatic heterocycles. The molecule has 3 heteroatoms. The molecular weight excluding hydrogens is 228 g/mol. The van der Waals surface area contributed by atoms with E-state index in [2.05, 4.69) is 29.2 Å². The predicted molar refractivity (Wildman–Crippen MR) is 73.8 cm³/mol. The molecule has 0 bridgehead atoms. The van der Waals surface area contributed by atoms with Gasteiger partial charge in [0.2, 0.25) is 0 Å². The van der Waals surface area contributed by atoms with Gasteiger partial charge in [-0.25, -0.2) is 0 Å². The lowest BCUT2D eigenvalue weighted by Gasteiger charge is -2.13. The molecule has 2 rings (SSSR count). The van der Waals surface area contributed by atoms with Gasteiger partial charge in [-0.1, -0.05) is 36.4 Å². The molecule has 0 spiro atoms. The first-order valence-electron chi connectivity index (χ1n) is 5.66. The van der Waals surface area contributed by atoms with Gasteiger partial charge in [0.05, 0.1) is 10.9 Å². The summed E-state index contributed by atoms with van der Waals surface area (Å²) < 4.78 is 0. The fraction of sp³-hybridized carbons (Fsp3) is 0.214. The van der Waals surface area contributed by atoms with E-state index in [1.807, 2.05) is 42.2 Å². The van der Waals surface area contributed by atoms with Crippen LogP contribution in [0.1, 0.15) is 16.5 Å². The molecule has 2 aromatic rings. The average molecular weight is 244 g/mol.